The first-order valence-electron chi connectivity index (χ1n) is 4.93. The van der Waals surface area contributed by atoms with Gasteiger partial charge in [-0.1, -0.05) is 36.4 Å². The summed E-state index contributed by atoms with van der Waals surface area (Å²) in [4.78, 5) is 4.20. The van der Waals surface area contributed by atoms with Crippen LogP contribution in [-0.4, -0.2) is 10.1 Å². The molecule has 2 rings (SSSR count). The van der Waals surface area contributed by atoms with Crippen molar-refractivity contribution in [1.82, 2.24) is 4.98 Å². The van der Waals surface area contributed by atoms with Crippen LogP contribution in [-0.2, 0) is 0 Å². The molecule has 0 aliphatic carbocycles. The highest BCUT2D eigenvalue weighted by Crippen LogP contribution is 2.21. The number of hydrogen-bond donors (Lipinski definition) is 1. The number of pyridine rings is 1. The van der Waals surface area contributed by atoms with Crippen molar-refractivity contribution in [3.05, 3.63) is 65.5 Å². The number of aryl methyl sites for hydroxylation is 1. The average molecular weight is 199 g/mol. The van der Waals surface area contributed by atoms with Gasteiger partial charge in [0.15, 0.2) is 0 Å². The lowest BCUT2D eigenvalue weighted by Gasteiger charge is -2.12. The molecule has 0 fully saturated rings. The molecule has 2 heteroatoms. The Kier molecular flexibility index (Phi) is 2.79. The Morgan fingerprint density at radius 3 is 2.47 bits per heavy atom. The Bertz CT molecular complexity index is 439. The largest absolute Gasteiger partial charge is 0.382 e. The second kappa shape index (κ2) is 4.24. The molecule has 1 unspecified atom stereocenters. The maximum Gasteiger partial charge on any atom is 0.121 e. The molecule has 0 amide bonds. The second-order valence-electron chi connectivity index (χ2n) is 3.52. The zero-order valence-corrected chi connectivity index (χ0v) is 8.59. The first-order chi connectivity index (χ1) is 7.29. The third kappa shape index (κ3) is 2.05. The zero-order valence-electron chi connectivity index (χ0n) is 8.59. The van der Waals surface area contributed by atoms with Crippen LogP contribution >= 0.6 is 0 Å². The molecule has 0 aliphatic heterocycles. The summed E-state index contributed by atoms with van der Waals surface area (Å²) < 4.78 is 0. The number of aliphatic hydroxyl groups is 1. The molecular formula is C13H13NO. The SMILES string of the molecule is Cc1cccnc1C(O)c1ccccc1. The summed E-state index contributed by atoms with van der Waals surface area (Å²) in [6.07, 6.45) is 1.07. The molecule has 1 aromatic heterocycles. The molecule has 15 heavy (non-hydrogen) atoms. The Balaban J connectivity index is 2.37. The lowest BCUT2D eigenvalue weighted by molar-refractivity contribution is 0.214. The second-order valence-corrected chi connectivity index (χ2v) is 3.52. The molecule has 76 valence electrons. The number of rotatable bonds is 2. The van der Waals surface area contributed by atoms with Crippen molar-refractivity contribution < 1.29 is 5.11 Å². The molecule has 0 aliphatic rings. The van der Waals surface area contributed by atoms with E-state index in [1.165, 1.54) is 0 Å². The molecule has 0 saturated heterocycles. The molecule has 0 saturated carbocycles. The van der Waals surface area contributed by atoms with E-state index in [1.807, 2.05) is 49.4 Å². The van der Waals surface area contributed by atoms with Crippen LogP contribution in [0.2, 0.25) is 0 Å². The number of nitrogens with zero attached hydrogens (tertiary/aromatic N) is 1. The minimum Gasteiger partial charge on any atom is -0.382 e. The van der Waals surface area contributed by atoms with Crippen LogP contribution in [0.1, 0.15) is 22.9 Å². The maximum absolute atomic E-state index is 10.1. The predicted molar refractivity (Wildman–Crippen MR) is 59.5 cm³/mol. The minimum absolute atomic E-state index is 0.632. The van der Waals surface area contributed by atoms with Crippen LogP contribution in [0.3, 0.4) is 0 Å². The highest BCUT2D eigenvalue weighted by atomic mass is 16.3. The van der Waals surface area contributed by atoms with Crippen LogP contribution in [0, 0.1) is 6.92 Å². The van der Waals surface area contributed by atoms with Crippen LogP contribution in [0.15, 0.2) is 48.7 Å². The summed E-state index contributed by atoms with van der Waals surface area (Å²) in [5.41, 5.74) is 2.61. The molecule has 0 bridgehead atoms. The van der Waals surface area contributed by atoms with Gasteiger partial charge in [0, 0.05) is 6.20 Å². The van der Waals surface area contributed by atoms with Crippen molar-refractivity contribution in [2.75, 3.05) is 0 Å². The van der Waals surface area contributed by atoms with Gasteiger partial charge in [0.25, 0.3) is 0 Å². The zero-order chi connectivity index (χ0) is 10.7. The third-order valence-electron chi connectivity index (χ3n) is 2.42. The quantitative estimate of drug-likeness (QED) is 0.806. The van der Waals surface area contributed by atoms with Gasteiger partial charge in [0.2, 0.25) is 0 Å². The van der Waals surface area contributed by atoms with E-state index in [-0.39, 0.29) is 0 Å². The van der Waals surface area contributed by atoms with Gasteiger partial charge in [-0.2, -0.15) is 0 Å². The van der Waals surface area contributed by atoms with E-state index in [4.69, 9.17) is 0 Å². The van der Waals surface area contributed by atoms with Gasteiger partial charge in [0.1, 0.15) is 6.10 Å². The van der Waals surface area contributed by atoms with Gasteiger partial charge in [-0.3, -0.25) is 4.98 Å². The van der Waals surface area contributed by atoms with Crippen molar-refractivity contribution in [2.45, 2.75) is 13.0 Å². The van der Waals surface area contributed by atoms with E-state index in [0.717, 1.165) is 16.8 Å². The highest BCUT2D eigenvalue weighted by Gasteiger charge is 2.12. The van der Waals surface area contributed by atoms with Crippen molar-refractivity contribution in [1.29, 1.82) is 0 Å². The summed E-state index contributed by atoms with van der Waals surface area (Å²) in [6.45, 7) is 1.95. The topological polar surface area (TPSA) is 33.1 Å². The van der Waals surface area contributed by atoms with Gasteiger partial charge >= 0.3 is 0 Å². The number of benzene rings is 1. The van der Waals surface area contributed by atoms with Gasteiger partial charge in [-0.05, 0) is 24.1 Å². The molecule has 1 N–H and O–H groups in total. The van der Waals surface area contributed by atoms with Gasteiger partial charge < -0.3 is 5.11 Å². The Morgan fingerprint density at radius 1 is 1.07 bits per heavy atom. The maximum atomic E-state index is 10.1. The van der Waals surface area contributed by atoms with Gasteiger partial charge in [-0.25, -0.2) is 0 Å². The lowest BCUT2D eigenvalue weighted by atomic mass is 10.0. The van der Waals surface area contributed by atoms with Crippen LogP contribution in [0.25, 0.3) is 0 Å². The average Bonchev–Trinajstić information content (AvgIpc) is 2.30. The third-order valence-corrected chi connectivity index (χ3v) is 2.42. The fourth-order valence-corrected chi connectivity index (χ4v) is 1.58. The van der Waals surface area contributed by atoms with E-state index >= 15 is 0 Å². The standard InChI is InChI=1S/C13H13NO/c1-10-6-5-9-14-12(10)13(15)11-7-3-2-4-8-11/h2-9,13,15H,1H3. The summed E-state index contributed by atoms with van der Waals surface area (Å²) in [5, 5.41) is 10.1. The van der Waals surface area contributed by atoms with Crippen LogP contribution in [0.4, 0.5) is 0 Å². The highest BCUT2D eigenvalue weighted by molar-refractivity contribution is 5.29. The van der Waals surface area contributed by atoms with Crippen LogP contribution in [0.5, 0.6) is 0 Å². The normalized spacial score (nSPS) is 12.4. The molecule has 0 radical (unpaired) electrons. The first-order valence-corrected chi connectivity index (χ1v) is 4.93. The minimum atomic E-state index is -0.632. The summed E-state index contributed by atoms with van der Waals surface area (Å²) in [5.74, 6) is 0. The van der Waals surface area contributed by atoms with Gasteiger partial charge in [-0.15, -0.1) is 0 Å². The van der Waals surface area contributed by atoms with Crippen molar-refractivity contribution >= 4 is 0 Å². The monoisotopic (exact) mass is 199 g/mol. The smallest absolute Gasteiger partial charge is 0.121 e. The fraction of sp³-hybridized carbons (Fsp3) is 0.154. The van der Waals surface area contributed by atoms with E-state index in [0.29, 0.717) is 0 Å². The molecular weight excluding hydrogens is 186 g/mol. The molecule has 1 heterocycles. The van der Waals surface area contributed by atoms with Crippen molar-refractivity contribution in [3.63, 3.8) is 0 Å². The predicted octanol–water partition coefficient (Wildman–Crippen LogP) is 2.47. The number of aromatic nitrogens is 1. The van der Waals surface area contributed by atoms with E-state index in [1.54, 1.807) is 6.20 Å². The summed E-state index contributed by atoms with van der Waals surface area (Å²) >= 11 is 0. The van der Waals surface area contributed by atoms with E-state index in [9.17, 15) is 5.11 Å². The first kappa shape index (κ1) is 9.87. The molecule has 2 aromatic rings. The summed E-state index contributed by atoms with van der Waals surface area (Å²) in [6, 6.07) is 13.4. The van der Waals surface area contributed by atoms with Gasteiger partial charge in [0.05, 0.1) is 5.69 Å². The molecule has 1 atom stereocenters. The number of hydrogen-bond acceptors (Lipinski definition) is 2. The Labute approximate surface area is 89.2 Å². The van der Waals surface area contributed by atoms with E-state index in [2.05, 4.69) is 4.98 Å². The van der Waals surface area contributed by atoms with E-state index < -0.39 is 6.10 Å². The van der Waals surface area contributed by atoms with Crippen molar-refractivity contribution in [2.24, 2.45) is 0 Å². The molecule has 2 nitrogen and oxygen atoms in total. The Hall–Kier alpha value is -1.67. The summed E-state index contributed by atoms with van der Waals surface area (Å²) in [7, 11) is 0. The number of aliphatic hydroxyl groups excluding tert-OH is 1. The van der Waals surface area contributed by atoms with Crippen molar-refractivity contribution in [3.8, 4) is 0 Å². The Morgan fingerprint density at radius 2 is 1.80 bits per heavy atom. The molecule has 1 aromatic carbocycles. The fourth-order valence-electron chi connectivity index (χ4n) is 1.58. The molecule has 0 spiro atoms. The van der Waals surface area contributed by atoms with Crippen LogP contribution < -0.4 is 0 Å². The lowest BCUT2D eigenvalue weighted by Crippen LogP contribution is -2.04.